The first-order valence-electron chi connectivity index (χ1n) is 8.69. The van der Waals surface area contributed by atoms with Crippen molar-refractivity contribution in [3.8, 4) is 0 Å². The molecule has 0 bridgehead atoms. The molecule has 1 fully saturated rings. The van der Waals surface area contributed by atoms with Gasteiger partial charge in [-0.2, -0.15) is 4.31 Å². The highest BCUT2D eigenvalue weighted by Gasteiger charge is 2.31. The first-order chi connectivity index (χ1) is 12.0. The molecule has 1 aliphatic heterocycles. The topological polar surface area (TPSA) is 83.7 Å². The monoisotopic (exact) mass is 423 g/mol. The summed E-state index contributed by atoms with van der Waals surface area (Å²) in [5, 5.41) is 0.221. The van der Waals surface area contributed by atoms with Gasteiger partial charge in [-0.1, -0.05) is 36.6 Å². The van der Waals surface area contributed by atoms with Crippen LogP contribution in [0.2, 0.25) is 5.02 Å². The number of halogens is 2. The van der Waals surface area contributed by atoms with Crippen molar-refractivity contribution in [1.82, 2.24) is 9.21 Å². The van der Waals surface area contributed by atoms with Crippen LogP contribution in [-0.4, -0.2) is 56.3 Å². The molecule has 0 spiro atoms. The van der Waals surface area contributed by atoms with Crippen molar-refractivity contribution >= 4 is 39.9 Å². The number of nitrogens with zero attached hydrogens (tertiary/aromatic N) is 2. The number of piperazine rings is 1. The molecule has 0 unspecified atom stereocenters. The van der Waals surface area contributed by atoms with E-state index in [0.717, 1.165) is 25.7 Å². The van der Waals surface area contributed by atoms with E-state index in [1.807, 2.05) is 0 Å². The van der Waals surface area contributed by atoms with Gasteiger partial charge in [0, 0.05) is 32.6 Å². The normalized spacial score (nSPS) is 15.5. The fraction of sp³-hybridized carbons (Fsp3) is 0.588. The molecule has 148 valence electrons. The van der Waals surface area contributed by atoms with E-state index in [-0.39, 0.29) is 28.2 Å². The Bertz CT molecular complexity index is 678. The molecule has 0 aliphatic carbocycles. The Hall–Kier alpha value is -0.860. The van der Waals surface area contributed by atoms with Crippen LogP contribution in [0, 0.1) is 0 Å². The molecule has 9 heteroatoms. The maximum absolute atomic E-state index is 12.7. The van der Waals surface area contributed by atoms with E-state index in [9.17, 15) is 13.2 Å². The number of hydrogen-bond donors (Lipinski definition) is 1. The maximum Gasteiger partial charge on any atom is 0.244 e. The molecule has 2 rings (SSSR count). The zero-order valence-corrected chi connectivity index (χ0v) is 17.2. The lowest BCUT2D eigenvalue weighted by Crippen LogP contribution is -2.50. The molecule has 0 radical (unpaired) electrons. The Morgan fingerprint density at radius 3 is 2.27 bits per heavy atom. The molecule has 1 amide bonds. The fourth-order valence-corrected chi connectivity index (χ4v) is 4.82. The van der Waals surface area contributed by atoms with Gasteiger partial charge in [0.25, 0.3) is 0 Å². The first-order valence-corrected chi connectivity index (χ1v) is 10.5. The Balaban J connectivity index is 0.00000338. The van der Waals surface area contributed by atoms with Gasteiger partial charge in [0.2, 0.25) is 15.9 Å². The van der Waals surface area contributed by atoms with Gasteiger partial charge in [-0.3, -0.25) is 4.79 Å². The van der Waals surface area contributed by atoms with Crippen LogP contribution in [-0.2, 0) is 14.8 Å². The second kappa shape index (κ2) is 11.1. The molecule has 1 aromatic rings. The number of amides is 1. The van der Waals surface area contributed by atoms with Crippen molar-refractivity contribution in [2.24, 2.45) is 5.73 Å². The summed E-state index contributed by atoms with van der Waals surface area (Å²) in [5.74, 6) is 0.0996. The fourth-order valence-electron chi connectivity index (χ4n) is 2.90. The highest BCUT2D eigenvalue weighted by Crippen LogP contribution is 2.25. The zero-order chi connectivity index (χ0) is 18.3. The molecule has 0 saturated carbocycles. The lowest BCUT2D eigenvalue weighted by Gasteiger charge is -2.34. The lowest BCUT2D eigenvalue weighted by atomic mass is 10.1. The lowest BCUT2D eigenvalue weighted by molar-refractivity contribution is -0.132. The van der Waals surface area contributed by atoms with Gasteiger partial charge in [-0.05, 0) is 31.5 Å². The summed E-state index contributed by atoms with van der Waals surface area (Å²) in [4.78, 5) is 14.1. The third kappa shape index (κ3) is 6.09. The summed E-state index contributed by atoms with van der Waals surface area (Å²) in [6, 6.07) is 6.43. The van der Waals surface area contributed by atoms with Crippen LogP contribution in [0.1, 0.15) is 32.1 Å². The zero-order valence-electron chi connectivity index (χ0n) is 14.8. The van der Waals surface area contributed by atoms with Crippen molar-refractivity contribution in [3.63, 3.8) is 0 Å². The van der Waals surface area contributed by atoms with E-state index >= 15 is 0 Å². The van der Waals surface area contributed by atoms with Gasteiger partial charge < -0.3 is 10.6 Å². The molecule has 0 aromatic heterocycles. The smallest absolute Gasteiger partial charge is 0.244 e. The third-order valence-corrected chi connectivity index (χ3v) is 6.79. The van der Waals surface area contributed by atoms with Gasteiger partial charge in [0.1, 0.15) is 4.90 Å². The molecule has 2 N–H and O–H groups in total. The molecule has 6 nitrogen and oxygen atoms in total. The van der Waals surface area contributed by atoms with Gasteiger partial charge >= 0.3 is 0 Å². The number of unbranched alkanes of at least 4 members (excludes halogenated alkanes) is 3. The minimum absolute atomic E-state index is 0. The quantitative estimate of drug-likeness (QED) is 0.650. The third-order valence-electron chi connectivity index (χ3n) is 4.39. The maximum atomic E-state index is 12.7. The van der Waals surface area contributed by atoms with Crippen LogP contribution < -0.4 is 5.73 Å². The van der Waals surface area contributed by atoms with E-state index in [1.54, 1.807) is 23.1 Å². The van der Waals surface area contributed by atoms with Gasteiger partial charge in [0.15, 0.2) is 0 Å². The molecule has 1 aromatic carbocycles. The number of hydrogen-bond acceptors (Lipinski definition) is 4. The van der Waals surface area contributed by atoms with Crippen molar-refractivity contribution in [1.29, 1.82) is 0 Å². The van der Waals surface area contributed by atoms with E-state index < -0.39 is 10.0 Å². The van der Waals surface area contributed by atoms with Crippen LogP contribution >= 0.6 is 24.0 Å². The van der Waals surface area contributed by atoms with E-state index in [0.29, 0.717) is 39.1 Å². The molecule has 1 aliphatic rings. The minimum Gasteiger partial charge on any atom is -0.340 e. The molecular weight excluding hydrogens is 397 g/mol. The average Bonchev–Trinajstić information content (AvgIpc) is 2.61. The highest BCUT2D eigenvalue weighted by atomic mass is 35.5. The summed E-state index contributed by atoms with van der Waals surface area (Å²) in [6.45, 7) is 2.13. The predicted molar refractivity (Wildman–Crippen MR) is 106 cm³/mol. The van der Waals surface area contributed by atoms with E-state index in [1.165, 1.54) is 10.4 Å². The van der Waals surface area contributed by atoms with Gasteiger partial charge in [-0.25, -0.2) is 8.42 Å². The second-order valence-electron chi connectivity index (χ2n) is 6.17. The summed E-state index contributed by atoms with van der Waals surface area (Å²) in [7, 11) is -3.62. The Kier molecular flexibility index (Phi) is 9.89. The summed E-state index contributed by atoms with van der Waals surface area (Å²) in [5.41, 5.74) is 5.45. The van der Waals surface area contributed by atoms with Crippen molar-refractivity contribution in [3.05, 3.63) is 29.3 Å². The van der Waals surface area contributed by atoms with E-state index in [2.05, 4.69) is 0 Å². The number of sulfonamides is 1. The number of benzene rings is 1. The number of nitrogens with two attached hydrogens (primary N) is 1. The Morgan fingerprint density at radius 2 is 1.65 bits per heavy atom. The van der Waals surface area contributed by atoms with Crippen LogP contribution in [0.3, 0.4) is 0 Å². The predicted octanol–water partition coefficient (Wildman–Crippen LogP) is 2.50. The molecule has 1 heterocycles. The highest BCUT2D eigenvalue weighted by molar-refractivity contribution is 7.89. The Morgan fingerprint density at radius 1 is 1.04 bits per heavy atom. The summed E-state index contributed by atoms with van der Waals surface area (Å²) in [6.07, 6.45) is 4.42. The van der Waals surface area contributed by atoms with E-state index in [4.69, 9.17) is 17.3 Å². The molecule has 26 heavy (non-hydrogen) atoms. The largest absolute Gasteiger partial charge is 0.340 e. The molecule has 0 atom stereocenters. The van der Waals surface area contributed by atoms with Crippen LogP contribution in [0.15, 0.2) is 29.2 Å². The van der Waals surface area contributed by atoms with Crippen LogP contribution in [0.25, 0.3) is 0 Å². The molecule has 1 saturated heterocycles. The first kappa shape index (κ1) is 23.2. The minimum atomic E-state index is -3.62. The van der Waals surface area contributed by atoms with Crippen LogP contribution in [0.4, 0.5) is 0 Å². The number of carbonyl (C=O) groups is 1. The summed E-state index contributed by atoms with van der Waals surface area (Å²) < 4.78 is 26.8. The second-order valence-corrected chi connectivity index (χ2v) is 8.48. The van der Waals surface area contributed by atoms with Crippen molar-refractivity contribution < 1.29 is 13.2 Å². The van der Waals surface area contributed by atoms with Crippen molar-refractivity contribution in [2.75, 3.05) is 32.7 Å². The van der Waals surface area contributed by atoms with Crippen molar-refractivity contribution in [2.45, 2.75) is 37.0 Å². The number of rotatable bonds is 8. The SMILES string of the molecule is Cl.NCCCCCCC(=O)N1CCN(S(=O)(=O)c2ccccc2Cl)CC1. The Labute approximate surface area is 167 Å². The van der Waals surface area contributed by atoms with Gasteiger partial charge in [-0.15, -0.1) is 12.4 Å². The summed E-state index contributed by atoms with van der Waals surface area (Å²) >= 11 is 6.02. The number of carbonyl (C=O) groups excluding carboxylic acids is 1. The average molecular weight is 424 g/mol. The molecular formula is C17H27Cl2N3O3S. The standard InChI is InChI=1S/C17H26ClN3O3S.ClH/c18-15-7-4-5-8-16(15)25(23,24)21-13-11-20(12-14-21)17(22)9-3-1-2-6-10-19;/h4-5,7-8H,1-3,6,9-14,19H2;1H. The van der Waals surface area contributed by atoms with Crippen LogP contribution in [0.5, 0.6) is 0 Å². The van der Waals surface area contributed by atoms with Gasteiger partial charge in [0.05, 0.1) is 5.02 Å².